The fourth-order valence-corrected chi connectivity index (χ4v) is 12.6. The van der Waals surface area contributed by atoms with Crippen molar-refractivity contribution < 1.29 is 0 Å². The molecule has 0 radical (unpaired) electrons. The molecule has 10 aliphatic rings. The van der Waals surface area contributed by atoms with Crippen molar-refractivity contribution in [2.45, 2.75) is 127 Å². The van der Waals surface area contributed by atoms with Gasteiger partial charge in [0.2, 0.25) is 0 Å². The molecule has 1 fully saturated rings. The SMILES string of the molecule is C1=CCC(C2=CCC(C3=CCC(N4C5=C(CCCC5)C5C(C6CCC7C(C6)C6=C(CCC=C6)N7C6=CCCC=C6)CC=CC54)C=C3)CC2)C=C1. The van der Waals surface area contributed by atoms with Crippen LogP contribution in [0.2, 0.25) is 0 Å². The highest BCUT2D eigenvalue weighted by atomic mass is 15.2. The summed E-state index contributed by atoms with van der Waals surface area (Å²) in [6.07, 6.45) is 59.3. The van der Waals surface area contributed by atoms with Gasteiger partial charge in [0.1, 0.15) is 0 Å². The number of nitrogens with zero attached hydrogens (tertiary/aromatic N) is 2. The zero-order valence-corrected chi connectivity index (χ0v) is 30.3. The Balaban J connectivity index is 0.863. The predicted octanol–water partition coefficient (Wildman–Crippen LogP) is 11.7. The molecule has 2 heterocycles. The van der Waals surface area contributed by atoms with E-state index in [9.17, 15) is 0 Å². The topological polar surface area (TPSA) is 6.48 Å². The quantitative estimate of drug-likeness (QED) is 0.270. The summed E-state index contributed by atoms with van der Waals surface area (Å²) in [7, 11) is 0. The Morgan fingerprint density at radius 1 is 0.660 bits per heavy atom. The number of hydrogen-bond acceptors (Lipinski definition) is 2. The van der Waals surface area contributed by atoms with Crippen LogP contribution in [0.3, 0.4) is 0 Å². The van der Waals surface area contributed by atoms with Crippen LogP contribution in [-0.4, -0.2) is 27.9 Å². The first kappa shape index (κ1) is 31.5. The van der Waals surface area contributed by atoms with E-state index in [1.807, 2.05) is 5.57 Å². The van der Waals surface area contributed by atoms with Crippen LogP contribution < -0.4 is 0 Å². The first-order valence-corrected chi connectivity index (χ1v) is 20.9. The first-order chi connectivity index (χ1) is 24.8. The second-order valence-corrected chi connectivity index (χ2v) is 17.3. The van der Waals surface area contributed by atoms with Crippen LogP contribution in [-0.2, 0) is 0 Å². The Labute approximate surface area is 302 Å². The molecule has 1 saturated carbocycles. The van der Waals surface area contributed by atoms with Gasteiger partial charge in [-0.1, -0.05) is 90.6 Å². The van der Waals surface area contributed by atoms with Crippen molar-refractivity contribution >= 4 is 0 Å². The highest BCUT2D eigenvalue weighted by Gasteiger charge is 2.51. The van der Waals surface area contributed by atoms with Crippen LogP contribution in [0, 0.1) is 35.5 Å². The van der Waals surface area contributed by atoms with Crippen LogP contribution in [0.4, 0.5) is 0 Å². The summed E-state index contributed by atoms with van der Waals surface area (Å²) in [6.45, 7) is 0. The molecule has 0 aromatic carbocycles. The van der Waals surface area contributed by atoms with E-state index in [0.717, 1.165) is 17.8 Å². The molecule has 9 unspecified atom stereocenters. The minimum atomic E-state index is 0.519. The van der Waals surface area contributed by atoms with Gasteiger partial charge in [-0.05, 0) is 150 Å². The van der Waals surface area contributed by atoms with Crippen molar-refractivity contribution in [1.29, 1.82) is 0 Å². The van der Waals surface area contributed by atoms with Gasteiger partial charge >= 0.3 is 0 Å². The number of fused-ring (bicyclic) bond motifs is 4. The first-order valence-electron chi connectivity index (χ1n) is 20.9. The van der Waals surface area contributed by atoms with Crippen molar-refractivity contribution in [3.8, 4) is 0 Å². The second kappa shape index (κ2) is 13.4. The number of allylic oxidation sites excluding steroid dienone is 16. The molecule has 0 aromatic rings. The monoisotopic (exact) mass is 662 g/mol. The molecule has 2 nitrogen and oxygen atoms in total. The predicted molar refractivity (Wildman–Crippen MR) is 208 cm³/mol. The maximum absolute atomic E-state index is 2.97. The Kier molecular flexibility index (Phi) is 8.42. The maximum atomic E-state index is 2.97. The number of hydrogen-bond donors (Lipinski definition) is 0. The summed E-state index contributed by atoms with van der Waals surface area (Å²) in [4.78, 5) is 5.81. The average Bonchev–Trinajstić information content (AvgIpc) is 3.71. The fraction of sp³-hybridized carbons (Fsp3) is 0.542. The molecule has 9 atom stereocenters. The molecule has 0 N–H and O–H groups in total. The van der Waals surface area contributed by atoms with E-state index in [4.69, 9.17) is 0 Å². The second-order valence-electron chi connectivity index (χ2n) is 17.3. The highest BCUT2D eigenvalue weighted by Crippen LogP contribution is 2.57. The van der Waals surface area contributed by atoms with E-state index >= 15 is 0 Å². The Morgan fingerprint density at radius 2 is 1.62 bits per heavy atom. The van der Waals surface area contributed by atoms with Crippen LogP contribution in [0.15, 0.2) is 131 Å². The third-order valence-corrected chi connectivity index (χ3v) is 14.8. The minimum absolute atomic E-state index is 0.519. The zero-order valence-electron chi connectivity index (χ0n) is 30.3. The van der Waals surface area contributed by atoms with Crippen molar-refractivity contribution in [2.75, 3.05) is 0 Å². The normalized spacial score (nSPS) is 38.9. The van der Waals surface area contributed by atoms with E-state index in [-0.39, 0.29) is 0 Å². The zero-order chi connectivity index (χ0) is 33.0. The highest BCUT2D eigenvalue weighted by molar-refractivity contribution is 5.43. The molecule has 2 aliphatic heterocycles. The summed E-state index contributed by atoms with van der Waals surface area (Å²) < 4.78 is 0. The standard InChI is InChI=1S/C48H58N2/c1-3-12-33(13-4-1)34-22-24-35(25-23-34)36-26-29-39(30-27-36)50-45-20-10-8-17-42(45)48-40(18-11-21-47(48)50)37-28-31-46-43(32-37)41-16-7-9-19-44(41)49(46)38-14-5-2-6-15-38/h1,3-5,7,11-12,14-16,21-22,26-27,29,33,35,37,39-40,43,46-48H,2,6,8-10,13,17-20,23-25,28,30-32H2. The lowest BCUT2D eigenvalue weighted by Crippen LogP contribution is -2.46. The van der Waals surface area contributed by atoms with Gasteiger partial charge < -0.3 is 9.80 Å². The fourth-order valence-electron chi connectivity index (χ4n) is 12.6. The molecule has 2 heteroatoms. The minimum Gasteiger partial charge on any atom is -0.361 e. The van der Waals surface area contributed by atoms with Gasteiger partial charge in [-0.3, -0.25) is 0 Å². The molecular weight excluding hydrogens is 605 g/mol. The largest absolute Gasteiger partial charge is 0.361 e. The molecule has 0 saturated heterocycles. The molecular formula is C48H58N2. The van der Waals surface area contributed by atoms with E-state index < -0.39 is 0 Å². The van der Waals surface area contributed by atoms with Gasteiger partial charge in [0.05, 0.1) is 12.1 Å². The lowest BCUT2D eigenvalue weighted by molar-refractivity contribution is 0.0996. The Hall–Kier alpha value is -3.26. The summed E-state index contributed by atoms with van der Waals surface area (Å²) in [5.41, 5.74) is 11.9. The molecule has 50 heavy (non-hydrogen) atoms. The molecule has 10 rings (SSSR count). The van der Waals surface area contributed by atoms with Crippen molar-refractivity contribution in [3.05, 3.63) is 131 Å². The van der Waals surface area contributed by atoms with E-state index in [1.54, 1.807) is 28.1 Å². The molecule has 0 spiro atoms. The summed E-state index contributed by atoms with van der Waals surface area (Å²) in [6, 6.07) is 1.76. The average molecular weight is 663 g/mol. The van der Waals surface area contributed by atoms with Gasteiger partial charge in [-0.15, -0.1) is 0 Å². The molecule has 0 bridgehead atoms. The van der Waals surface area contributed by atoms with Gasteiger partial charge in [0.25, 0.3) is 0 Å². The van der Waals surface area contributed by atoms with Crippen molar-refractivity contribution in [3.63, 3.8) is 0 Å². The van der Waals surface area contributed by atoms with Crippen LogP contribution in [0.25, 0.3) is 0 Å². The van der Waals surface area contributed by atoms with Gasteiger partial charge in [-0.25, -0.2) is 0 Å². The Morgan fingerprint density at radius 3 is 2.46 bits per heavy atom. The van der Waals surface area contributed by atoms with Gasteiger partial charge in [0, 0.05) is 40.9 Å². The lowest BCUT2D eigenvalue weighted by atomic mass is 9.63. The molecule has 260 valence electrons. The number of rotatable bonds is 5. The van der Waals surface area contributed by atoms with E-state index in [2.05, 4.69) is 101 Å². The van der Waals surface area contributed by atoms with Crippen LogP contribution >= 0.6 is 0 Å². The molecule has 0 amide bonds. The summed E-state index contributed by atoms with van der Waals surface area (Å²) >= 11 is 0. The van der Waals surface area contributed by atoms with Crippen molar-refractivity contribution in [2.24, 2.45) is 35.5 Å². The van der Waals surface area contributed by atoms with Crippen LogP contribution in [0.1, 0.15) is 109 Å². The van der Waals surface area contributed by atoms with Crippen molar-refractivity contribution in [1.82, 2.24) is 9.80 Å². The van der Waals surface area contributed by atoms with E-state index in [1.165, 1.54) is 115 Å². The van der Waals surface area contributed by atoms with Gasteiger partial charge in [0.15, 0.2) is 0 Å². The summed E-state index contributed by atoms with van der Waals surface area (Å²) in [5, 5.41) is 0. The Bertz CT molecular complexity index is 1710. The van der Waals surface area contributed by atoms with Gasteiger partial charge in [-0.2, -0.15) is 0 Å². The third kappa shape index (κ3) is 5.41. The molecule has 8 aliphatic carbocycles. The molecule has 0 aromatic heterocycles. The van der Waals surface area contributed by atoms with Crippen LogP contribution in [0.5, 0.6) is 0 Å². The third-order valence-electron chi connectivity index (χ3n) is 14.8. The maximum Gasteiger partial charge on any atom is 0.0545 e. The van der Waals surface area contributed by atoms with E-state index in [0.29, 0.717) is 35.9 Å². The summed E-state index contributed by atoms with van der Waals surface area (Å²) in [5.74, 6) is 4.43. The lowest BCUT2D eigenvalue weighted by Gasteiger charge is -2.46. The smallest absolute Gasteiger partial charge is 0.0545 e.